The molecule has 0 atom stereocenters. The van der Waals surface area contributed by atoms with Crippen molar-refractivity contribution < 1.29 is 9.59 Å². The number of anilines is 1. The second kappa shape index (κ2) is 9.03. The van der Waals surface area contributed by atoms with Crippen molar-refractivity contribution in [2.75, 3.05) is 12.4 Å². The van der Waals surface area contributed by atoms with E-state index in [2.05, 4.69) is 15.6 Å². The van der Waals surface area contributed by atoms with Gasteiger partial charge in [-0.1, -0.05) is 23.9 Å². The van der Waals surface area contributed by atoms with Gasteiger partial charge in [0.05, 0.1) is 0 Å². The van der Waals surface area contributed by atoms with Crippen LogP contribution in [0.3, 0.4) is 0 Å². The number of aromatic nitrogens is 1. The van der Waals surface area contributed by atoms with E-state index in [4.69, 9.17) is 0 Å². The molecule has 1 aromatic heterocycles. The fourth-order valence-electron chi connectivity index (χ4n) is 2.58. The lowest BCUT2D eigenvalue weighted by molar-refractivity contribution is 0.0962. The van der Waals surface area contributed by atoms with Crippen LogP contribution in [0.5, 0.6) is 0 Å². The molecule has 0 radical (unpaired) electrons. The van der Waals surface area contributed by atoms with E-state index in [0.717, 1.165) is 26.9 Å². The molecule has 144 valence electrons. The number of aryl methyl sites for hydroxylation is 2. The molecule has 7 heteroatoms. The molecule has 2 N–H and O–H groups in total. The van der Waals surface area contributed by atoms with Crippen LogP contribution in [-0.2, 0) is 5.75 Å². The SMILES string of the molecule is CNC(=O)c1ccc(NC(=O)c2ccc(CSc3nc(C)cs3)cc2)c(C)c1. The fraction of sp³-hybridized carbons (Fsp3) is 0.190. The number of thioether (sulfide) groups is 1. The molecule has 1 heterocycles. The van der Waals surface area contributed by atoms with Crippen molar-refractivity contribution in [2.24, 2.45) is 0 Å². The van der Waals surface area contributed by atoms with Crippen molar-refractivity contribution in [1.82, 2.24) is 10.3 Å². The van der Waals surface area contributed by atoms with Crippen LogP contribution >= 0.6 is 23.1 Å². The van der Waals surface area contributed by atoms with Crippen LogP contribution in [0.2, 0.25) is 0 Å². The molecule has 0 aliphatic heterocycles. The molecule has 0 aliphatic carbocycles. The molecule has 0 unspecified atom stereocenters. The summed E-state index contributed by atoms with van der Waals surface area (Å²) in [5, 5.41) is 7.54. The second-order valence-electron chi connectivity index (χ2n) is 6.30. The number of benzene rings is 2. The zero-order valence-corrected chi connectivity index (χ0v) is 17.5. The van der Waals surface area contributed by atoms with Gasteiger partial charge in [0, 0.05) is 40.7 Å². The summed E-state index contributed by atoms with van der Waals surface area (Å²) in [5.74, 6) is 0.488. The lowest BCUT2D eigenvalue weighted by atomic mass is 10.1. The fourth-order valence-corrected chi connectivity index (χ4v) is 4.39. The standard InChI is InChI=1S/C21H21N3O2S2/c1-13-10-17(19(25)22-3)8-9-18(13)24-20(26)16-6-4-15(5-7-16)12-28-21-23-14(2)11-27-21/h4-11H,12H2,1-3H3,(H,22,25)(H,24,26). The van der Waals surface area contributed by atoms with Crippen LogP contribution in [0.15, 0.2) is 52.2 Å². The minimum atomic E-state index is -0.175. The average Bonchev–Trinajstić information content (AvgIpc) is 3.12. The van der Waals surface area contributed by atoms with Gasteiger partial charge in [0.1, 0.15) is 4.34 Å². The number of carbonyl (C=O) groups is 2. The number of rotatable bonds is 6. The first-order valence-corrected chi connectivity index (χ1v) is 10.6. The summed E-state index contributed by atoms with van der Waals surface area (Å²) < 4.78 is 1.05. The lowest BCUT2D eigenvalue weighted by Crippen LogP contribution is -2.18. The molecule has 0 fully saturated rings. The van der Waals surface area contributed by atoms with E-state index in [1.54, 1.807) is 48.3 Å². The Kier molecular flexibility index (Phi) is 6.49. The van der Waals surface area contributed by atoms with Crippen LogP contribution in [0.25, 0.3) is 0 Å². The van der Waals surface area contributed by atoms with E-state index in [1.807, 2.05) is 43.5 Å². The summed E-state index contributed by atoms with van der Waals surface area (Å²) in [6, 6.07) is 12.8. The topological polar surface area (TPSA) is 71.1 Å². The minimum Gasteiger partial charge on any atom is -0.355 e. The Morgan fingerprint density at radius 3 is 2.36 bits per heavy atom. The number of hydrogen-bond acceptors (Lipinski definition) is 5. The van der Waals surface area contributed by atoms with Gasteiger partial charge in [-0.3, -0.25) is 9.59 Å². The van der Waals surface area contributed by atoms with E-state index in [1.165, 1.54) is 0 Å². The van der Waals surface area contributed by atoms with Gasteiger partial charge in [-0.25, -0.2) is 4.98 Å². The third-order valence-corrected chi connectivity index (χ3v) is 6.35. The van der Waals surface area contributed by atoms with E-state index >= 15 is 0 Å². The van der Waals surface area contributed by atoms with Crippen LogP contribution < -0.4 is 10.6 Å². The molecular formula is C21H21N3O2S2. The van der Waals surface area contributed by atoms with E-state index in [9.17, 15) is 9.59 Å². The molecule has 2 aromatic carbocycles. The Bertz CT molecular complexity index is 997. The average molecular weight is 412 g/mol. The van der Waals surface area contributed by atoms with Crippen molar-refractivity contribution in [3.63, 3.8) is 0 Å². The highest BCUT2D eigenvalue weighted by Crippen LogP contribution is 2.26. The second-order valence-corrected chi connectivity index (χ2v) is 8.38. The highest BCUT2D eigenvalue weighted by atomic mass is 32.2. The largest absolute Gasteiger partial charge is 0.355 e. The zero-order chi connectivity index (χ0) is 20.1. The maximum absolute atomic E-state index is 12.5. The molecular weight excluding hydrogens is 390 g/mol. The number of carbonyl (C=O) groups excluding carboxylic acids is 2. The molecule has 0 saturated heterocycles. The molecule has 28 heavy (non-hydrogen) atoms. The summed E-state index contributed by atoms with van der Waals surface area (Å²) in [7, 11) is 1.59. The van der Waals surface area contributed by atoms with Gasteiger partial charge in [-0.15, -0.1) is 11.3 Å². The van der Waals surface area contributed by atoms with Gasteiger partial charge in [0.15, 0.2) is 0 Å². The first-order chi connectivity index (χ1) is 13.5. The molecule has 0 saturated carbocycles. The summed E-state index contributed by atoms with van der Waals surface area (Å²) in [6.07, 6.45) is 0. The number of nitrogens with zero attached hydrogens (tertiary/aromatic N) is 1. The Balaban J connectivity index is 1.62. The first kappa shape index (κ1) is 20.1. The molecule has 0 spiro atoms. The van der Waals surface area contributed by atoms with Gasteiger partial charge in [-0.05, 0) is 55.3 Å². The lowest BCUT2D eigenvalue weighted by Gasteiger charge is -2.10. The normalized spacial score (nSPS) is 10.5. The Hall–Kier alpha value is -2.64. The van der Waals surface area contributed by atoms with Gasteiger partial charge >= 0.3 is 0 Å². The highest BCUT2D eigenvalue weighted by Gasteiger charge is 2.10. The number of amides is 2. The zero-order valence-electron chi connectivity index (χ0n) is 15.9. The number of thiazole rings is 1. The monoisotopic (exact) mass is 411 g/mol. The summed E-state index contributed by atoms with van der Waals surface area (Å²) >= 11 is 3.34. The summed E-state index contributed by atoms with van der Waals surface area (Å²) in [5.41, 5.74) is 4.86. The maximum Gasteiger partial charge on any atom is 0.255 e. The molecule has 3 aromatic rings. The number of hydrogen-bond donors (Lipinski definition) is 2. The Morgan fingerprint density at radius 1 is 1.04 bits per heavy atom. The highest BCUT2D eigenvalue weighted by molar-refractivity contribution is 8.00. The molecule has 5 nitrogen and oxygen atoms in total. The molecule has 2 amide bonds. The maximum atomic E-state index is 12.5. The van der Waals surface area contributed by atoms with Crippen LogP contribution in [0.4, 0.5) is 5.69 Å². The van der Waals surface area contributed by atoms with E-state index < -0.39 is 0 Å². The quantitative estimate of drug-likeness (QED) is 0.579. The minimum absolute atomic E-state index is 0.151. The predicted molar refractivity (Wildman–Crippen MR) is 115 cm³/mol. The molecule has 0 bridgehead atoms. The van der Waals surface area contributed by atoms with Gasteiger partial charge < -0.3 is 10.6 Å². The third kappa shape index (κ3) is 4.99. The van der Waals surface area contributed by atoms with Crippen LogP contribution in [0, 0.1) is 13.8 Å². The Morgan fingerprint density at radius 2 is 1.75 bits per heavy atom. The van der Waals surface area contributed by atoms with Gasteiger partial charge in [-0.2, -0.15) is 0 Å². The van der Waals surface area contributed by atoms with Gasteiger partial charge in [0.2, 0.25) is 0 Å². The van der Waals surface area contributed by atoms with Crippen LogP contribution in [0.1, 0.15) is 37.5 Å². The van der Waals surface area contributed by atoms with E-state index in [-0.39, 0.29) is 11.8 Å². The first-order valence-electron chi connectivity index (χ1n) is 8.74. The van der Waals surface area contributed by atoms with Crippen molar-refractivity contribution in [3.8, 4) is 0 Å². The van der Waals surface area contributed by atoms with E-state index in [0.29, 0.717) is 16.8 Å². The summed E-state index contributed by atoms with van der Waals surface area (Å²) in [6.45, 7) is 3.85. The molecule has 0 aliphatic rings. The third-order valence-electron chi connectivity index (χ3n) is 4.14. The van der Waals surface area contributed by atoms with Crippen molar-refractivity contribution >= 4 is 40.6 Å². The predicted octanol–water partition coefficient (Wildman–Crippen LogP) is 4.66. The van der Waals surface area contributed by atoms with Crippen LogP contribution in [-0.4, -0.2) is 23.8 Å². The smallest absolute Gasteiger partial charge is 0.255 e. The van der Waals surface area contributed by atoms with Crippen molar-refractivity contribution in [1.29, 1.82) is 0 Å². The Labute approximate surface area is 172 Å². The van der Waals surface area contributed by atoms with Gasteiger partial charge in [0.25, 0.3) is 11.8 Å². The van der Waals surface area contributed by atoms with Crippen molar-refractivity contribution in [3.05, 3.63) is 75.8 Å². The number of nitrogens with one attached hydrogen (secondary N) is 2. The summed E-state index contributed by atoms with van der Waals surface area (Å²) in [4.78, 5) is 28.7. The van der Waals surface area contributed by atoms with Crippen molar-refractivity contribution in [2.45, 2.75) is 23.9 Å². The molecule has 3 rings (SSSR count).